The Morgan fingerprint density at radius 2 is 2.04 bits per heavy atom. The van der Waals surface area contributed by atoms with E-state index in [9.17, 15) is 9.18 Å². The Morgan fingerprint density at radius 1 is 1.22 bits per heavy atom. The van der Waals surface area contributed by atoms with E-state index in [1.807, 2.05) is 6.07 Å². The van der Waals surface area contributed by atoms with E-state index in [1.165, 1.54) is 18.2 Å². The molecule has 0 saturated heterocycles. The molecule has 0 bridgehead atoms. The first kappa shape index (κ1) is 15.4. The van der Waals surface area contributed by atoms with Gasteiger partial charge in [-0.05, 0) is 35.9 Å². The van der Waals surface area contributed by atoms with E-state index in [4.69, 9.17) is 20.8 Å². The van der Waals surface area contributed by atoms with Gasteiger partial charge in [0, 0.05) is 24.1 Å². The number of methoxy groups -OCH3 is 1. The topological polar surface area (TPSA) is 51.5 Å². The third-order valence-electron chi connectivity index (χ3n) is 3.44. The summed E-state index contributed by atoms with van der Waals surface area (Å²) < 4.78 is 23.4. The Balaban J connectivity index is 1.94. The highest BCUT2D eigenvalue weighted by Gasteiger charge is 2.08. The molecule has 0 saturated carbocycles. The number of fused-ring (bicyclic) bond motifs is 1. The molecule has 2 aromatic carbocycles. The van der Waals surface area contributed by atoms with E-state index >= 15 is 0 Å². The standard InChI is InChI=1S/C17H13ClFNO3/c1-22-12-3-4-13-10(6-17(21)23-16(13)8-12)9-20-15-5-2-11(19)7-14(15)18/h2-8,20H,9H2,1H3. The number of anilines is 1. The number of rotatable bonds is 4. The molecule has 23 heavy (non-hydrogen) atoms. The van der Waals surface area contributed by atoms with Crippen molar-refractivity contribution in [2.45, 2.75) is 6.54 Å². The minimum atomic E-state index is -0.451. The third kappa shape index (κ3) is 3.29. The third-order valence-corrected chi connectivity index (χ3v) is 3.75. The normalized spacial score (nSPS) is 10.7. The second-order valence-electron chi connectivity index (χ2n) is 4.93. The van der Waals surface area contributed by atoms with Gasteiger partial charge >= 0.3 is 5.63 Å². The van der Waals surface area contributed by atoms with Crippen molar-refractivity contribution in [2.75, 3.05) is 12.4 Å². The van der Waals surface area contributed by atoms with Crippen LogP contribution in [0.25, 0.3) is 11.0 Å². The van der Waals surface area contributed by atoms with E-state index < -0.39 is 11.4 Å². The quantitative estimate of drug-likeness (QED) is 0.727. The van der Waals surface area contributed by atoms with Crippen LogP contribution in [0.3, 0.4) is 0 Å². The van der Waals surface area contributed by atoms with Crippen LogP contribution >= 0.6 is 11.6 Å². The van der Waals surface area contributed by atoms with Crippen LogP contribution in [-0.4, -0.2) is 7.11 Å². The zero-order valence-electron chi connectivity index (χ0n) is 12.2. The molecule has 4 nitrogen and oxygen atoms in total. The molecule has 1 aromatic heterocycles. The molecule has 0 aliphatic carbocycles. The minimum Gasteiger partial charge on any atom is -0.497 e. The van der Waals surface area contributed by atoms with Gasteiger partial charge in [-0.1, -0.05) is 11.6 Å². The molecule has 0 radical (unpaired) electrons. The van der Waals surface area contributed by atoms with Crippen LogP contribution in [0, 0.1) is 5.82 Å². The van der Waals surface area contributed by atoms with Crippen molar-refractivity contribution >= 4 is 28.3 Å². The Kier molecular flexibility index (Phi) is 4.21. The Morgan fingerprint density at radius 3 is 2.78 bits per heavy atom. The first-order valence-corrected chi connectivity index (χ1v) is 7.24. The lowest BCUT2D eigenvalue weighted by Gasteiger charge is -2.10. The number of nitrogens with one attached hydrogen (secondary N) is 1. The van der Waals surface area contributed by atoms with Gasteiger partial charge in [-0.15, -0.1) is 0 Å². The number of benzene rings is 2. The van der Waals surface area contributed by atoms with Crippen LogP contribution in [0.5, 0.6) is 5.75 Å². The SMILES string of the molecule is COc1ccc2c(CNc3ccc(F)cc3Cl)cc(=O)oc2c1. The molecule has 0 fully saturated rings. The second-order valence-corrected chi connectivity index (χ2v) is 5.34. The maximum atomic E-state index is 13.1. The molecular weight excluding hydrogens is 321 g/mol. The van der Waals surface area contributed by atoms with Gasteiger partial charge in [0.1, 0.15) is 17.1 Å². The average Bonchev–Trinajstić information content (AvgIpc) is 2.53. The summed E-state index contributed by atoms with van der Waals surface area (Å²) in [7, 11) is 1.54. The molecule has 0 unspecified atom stereocenters. The molecule has 0 amide bonds. The number of halogens is 2. The summed E-state index contributed by atoms with van der Waals surface area (Å²) in [5.41, 5.74) is 1.33. The Hall–Kier alpha value is -2.53. The van der Waals surface area contributed by atoms with Crippen molar-refractivity contribution in [3.63, 3.8) is 0 Å². The monoisotopic (exact) mass is 333 g/mol. The summed E-state index contributed by atoms with van der Waals surface area (Å²) in [4.78, 5) is 11.7. The zero-order valence-corrected chi connectivity index (χ0v) is 13.0. The Bertz CT molecular complexity index is 923. The molecule has 1 heterocycles. The van der Waals surface area contributed by atoms with Gasteiger partial charge in [-0.2, -0.15) is 0 Å². The summed E-state index contributed by atoms with van der Waals surface area (Å²) in [6, 6.07) is 10.8. The molecule has 3 rings (SSSR count). The zero-order chi connectivity index (χ0) is 16.4. The molecule has 0 aliphatic rings. The van der Waals surface area contributed by atoms with E-state index in [2.05, 4.69) is 5.32 Å². The molecule has 0 spiro atoms. The second kappa shape index (κ2) is 6.30. The number of hydrogen-bond acceptors (Lipinski definition) is 4. The van der Waals surface area contributed by atoms with Crippen molar-refractivity contribution in [3.8, 4) is 5.75 Å². The maximum Gasteiger partial charge on any atom is 0.336 e. The van der Waals surface area contributed by atoms with E-state index in [0.717, 1.165) is 10.9 Å². The molecular formula is C17H13ClFNO3. The lowest BCUT2D eigenvalue weighted by molar-refractivity contribution is 0.414. The van der Waals surface area contributed by atoms with Gasteiger partial charge in [-0.3, -0.25) is 0 Å². The van der Waals surface area contributed by atoms with Crippen LogP contribution in [0.15, 0.2) is 51.7 Å². The fourth-order valence-electron chi connectivity index (χ4n) is 2.31. The van der Waals surface area contributed by atoms with Gasteiger partial charge < -0.3 is 14.5 Å². The molecule has 1 N–H and O–H groups in total. The lowest BCUT2D eigenvalue weighted by Crippen LogP contribution is -2.06. The summed E-state index contributed by atoms with van der Waals surface area (Å²) in [6.07, 6.45) is 0. The smallest absolute Gasteiger partial charge is 0.336 e. The highest BCUT2D eigenvalue weighted by Crippen LogP contribution is 2.26. The van der Waals surface area contributed by atoms with Crippen LogP contribution in [-0.2, 0) is 6.54 Å². The Labute approximate surface area is 136 Å². The fraction of sp³-hybridized carbons (Fsp3) is 0.118. The van der Waals surface area contributed by atoms with Gasteiger partial charge in [0.25, 0.3) is 0 Å². The number of ether oxygens (including phenoxy) is 1. The highest BCUT2D eigenvalue weighted by molar-refractivity contribution is 6.33. The van der Waals surface area contributed by atoms with Crippen molar-refractivity contribution in [2.24, 2.45) is 0 Å². The van der Waals surface area contributed by atoms with Crippen molar-refractivity contribution in [3.05, 3.63) is 69.3 Å². The van der Waals surface area contributed by atoms with Crippen molar-refractivity contribution < 1.29 is 13.5 Å². The van der Waals surface area contributed by atoms with Crippen LogP contribution in [0.4, 0.5) is 10.1 Å². The molecule has 118 valence electrons. The van der Waals surface area contributed by atoms with Crippen LogP contribution in [0.2, 0.25) is 5.02 Å². The van der Waals surface area contributed by atoms with Crippen molar-refractivity contribution in [1.82, 2.24) is 0 Å². The molecule has 3 aromatic rings. The van der Waals surface area contributed by atoms with Gasteiger partial charge in [0.15, 0.2) is 0 Å². The van der Waals surface area contributed by atoms with E-state index in [0.29, 0.717) is 23.6 Å². The lowest BCUT2D eigenvalue weighted by atomic mass is 10.1. The van der Waals surface area contributed by atoms with Crippen LogP contribution in [0.1, 0.15) is 5.56 Å². The van der Waals surface area contributed by atoms with Gasteiger partial charge in [0.05, 0.1) is 17.8 Å². The predicted molar refractivity (Wildman–Crippen MR) is 87.8 cm³/mol. The highest BCUT2D eigenvalue weighted by atomic mass is 35.5. The molecule has 6 heteroatoms. The van der Waals surface area contributed by atoms with E-state index in [1.54, 1.807) is 25.3 Å². The summed E-state index contributed by atoms with van der Waals surface area (Å²) in [6.45, 7) is 0.347. The summed E-state index contributed by atoms with van der Waals surface area (Å²) in [5, 5.41) is 4.16. The predicted octanol–water partition coefficient (Wildman–Crippen LogP) is 4.21. The fourth-order valence-corrected chi connectivity index (χ4v) is 2.54. The summed E-state index contributed by atoms with van der Waals surface area (Å²) in [5.74, 6) is 0.200. The first-order valence-electron chi connectivity index (χ1n) is 6.86. The van der Waals surface area contributed by atoms with Crippen molar-refractivity contribution in [1.29, 1.82) is 0 Å². The van der Waals surface area contributed by atoms with Crippen LogP contribution < -0.4 is 15.7 Å². The maximum absolute atomic E-state index is 13.1. The molecule has 0 atom stereocenters. The van der Waals surface area contributed by atoms with Gasteiger partial charge in [0.2, 0.25) is 0 Å². The number of hydrogen-bond donors (Lipinski definition) is 1. The summed E-state index contributed by atoms with van der Waals surface area (Å²) >= 11 is 5.99. The molecule has 0 aliphatic heterocycles. The van der Waals surface area contributed by atoms with E-state index in [-0.39, 0.29) is 5.02 Å². The largest absolute Gasteiger partial charge is 0.497 e. The first-order chi connectivity index (χ1) is 11.1. The average molecular weight is 334 g/mol. The minimum absolute atomic E-state index is 0.277. The van der Waals surface area contributed by atoms with Gasteiger partial charge in [-0.25, -0.2) is 9.18 Å².